The number of piperidine rings is 1. The van der Waals surface area contributed by atoms with Gasteiger partial charge in [-0.1, -0.05) is 43.1 Å². The molecule has 138 valence electrons. The fourth-order valence-corrected chi connectivity index (χ4v) is 3.69. The molecule has 0 bridgehead atoms. The summed E-state index contributed by atoms with van der Waals surface area (Å²) in [6.07, 6.45) is 2.03. The van der Waals surface area contributed by atoms with Crippen LogP contribution in [-0.4, -0.2) is 29.0 Å². The van der Waals surface area contributed by atoms with Gasteiger partial charge in [0.15, 0.2) is 5.75 Å². The lowest BCUT2D eigenvalue weighted by Gasteiger charge is -2.38. The van der Waals surface area contributed by atoms with E-state index >= 15 is 0 Å². The van der Waals surface area contributed by atoms with Crippen molar-refractivity contribution < 1.29 is 14.6 Å². The van der Waals surface area contributed by atoms with Gasteiger partial charge in [0, 0.05) is 13.1 Å². The lowest BCUT2D eigenvalue weighted by molar-refractivity contribution is 0.0580. The molecule has 0 spiro atoms. The molecule has 1 aliphatic heterocycles. The van der Waals surface area contributed by atoms with Crippen LogP contribution in [0, 0.1) is 5.41 Å². The van der Waals surface area contributed by atoms with Crippen molar-refractivity contribution in [2.24, 2.45) is 5.41 Å². The van der Waals surface area contributed by atoms with Gasteiger partial charge < -0.3 is 14.7 Å². The van der Waals surface area contributed by atoms with Gasteiger partial charge in [-0.2, -0.15) is 0 Å². The average molecular weight is 394 g/mol. The first-order valence-corrected chi connectivity index (χ1v) is 9.27. The summed E-state index contributed by atoms with van der Waals surface area (Å²) >= 11 is 12.3. The van der Waals surface area contributed by atoms with Crippen molar-refractivity contribution in [1.82, 2.24) is 4.90 Å². The summed E-state index contributed by atoms with van der Waals surface area (Å²) < 4.78 is 5.77. The number of nitrogens with zero attached hydrogens (tertiary/aromatic N) is 1. The van der Waals surface area contributed by atoms with Crippen molar-refractivity contribution in [2.75, 3.05) is 13.1 Å². The van der Waals surface area contributed by atoms with E-state index in [1.165, 1.54) is 12.1 Å². The Kier molecular flexibility index (Phi) is 5.35. The molecule has 0 atom stereocenters. The maximum atomic E-state index is 12.9. The number of likely N-dealkylation sites (tertiary alicyclic amines) is 1. The minimum Gasteiger partial charge on any atom is -0.507 e. The second kappa shape index (κ2) is 7.37. The van der Waals surface area contributed by atoms with Crippen molar-refractivity contribution in [1.29, 1.82) is 0 Å². The Morgan fingerprint density at radius 1 is 1.19 bits per heavy atom. The molecule has 3 rings (SSSR count). The first kappa shape index (κ1) is 18.9. The van der Waals surface area contributed by atoms with Gasteiger partial charge in [0.05, 0.1) is 15.6 Å². The predicted molar refractivity (Wildman–Crippen MR) is 104 cm³/mol. The molecule has 0 radical (unpaired) electrons. The van der Waals surface area contributed by atoms with Gasteiger partial charge in [0.25, 0.3) is 5.91 Å². The van der Waals surface area contributed by atoms with Crippen LogP contribution in [0.1, 0.15) is 37.0 Å². The van der Waals surface area contributed by atoms with Gasteiger partial charge in [0.1, 0.15) is 11.5 Å². The molecule has 1 heterocycles. The van der Waals surface area contributed by atoms with E-state index in [4.69, 9.17) is 27.9 Å². The second-order valence-corrected chi connectivity index (χ2v) is 8.14. The molecule has 0 aromatic heterocycles. The Hall–Kier alpha value is -1.91. The van der Waals surface area contributed by atoms with E-state index in [1.807, 2.05) is 0 Å². The van der Waals surface area contributed by atoms with Crippen LogP contribution in [0.3, 0.4) is 0 Å². The molecule has 2 aromatic carbocycles. The minimum atomic E-state index is -0.203. The van der Waals surface area contributed by atoms with Gasteiger partial charge in [0.2, 0.25) is 0 Å². The number of hydrogen-bond acceptors (Lipinski definition) is 3. The SMILES string of the molecule is CC1(C)CCCN(C(=O)c2cc(Oc3c(Cl)cccc3Cl)ccc2O)C1. The van der Waals surface area contributed by atoms with Crippen LogP contribution >= 0.6 is 23.2 Å². The number of rotatable bonds is 3. The molecule has 1 aliphatic rings. The van der Waals surface area contributed by atoms with Crippen molar-refractivity contribution in [3.8, 4) is 17.2 Å². The zero-order valence-electron chi connectivity index (χ0n) is 14.8. The fraction of sp³-hybridized carbons (Fsp3) is 0.350. The molecule has 1 saturated heterocycles. The van der Waals surface area contributed by atoms with Crippen molar-refractivity contribution >= 4 is 29.1 Å². The monoisotopic (exact) mass is 393 g/mol. The van der Waals surface area contributed by atoms with Crippen molar-refractivity contribution in [3.63, 3.8) is 0 Å². The summed E-state index contributed by atoms with van der Waals surface area (Å²) in [5.41, 5.74) is 0.284. The number of benzene rings is 2. The minimum absolute atomic E-state index is 0.0722. The molecule has 0 saturated carbocycles. The van der Waals surface area contributed by atoms with Crippen molar-refractivity contribution in [3.05, 3.63) is 52.0 Å². The zero-order valence-corrected chi connectivity index (χ0v) is 16.3. The van der Waals surface area contributed by atoms with E-state index in [2.05, 4.69) is 13.8 Å². The standard InChI is InChI=1S/C20H21Cl2NO3/c1-20(2)9-4-10-23(12-20)19(25)14-11-13(7-8-17(14)24)26-18-15(21)5-3-6-16(18)22/h3,5-8,11,24H,4,9-10,12H2,1-2H3. The number of carbonyl (C=O) groups excluding carboxylic acids is 1. The molecule has 2 aromatic rings. The van der Waals surface area contributed by atoms with E-state index < -0.39 is 0 Å². The summed E-state index contributed by atoms with van der Waals surface area (Å²) in [7, 11) is 0. The summed E-state index contributed by atoms with van der Waals surface area (Å²) in [5, 5.41) is 10.9. The molecule has 1 fully saturated rings. The second-order valence-electron chi connectivity index (χ2n) is 7.33. The summed E-state index contributed by atoms with van der Waals surface area (Å²) in [4.78, 5) is 14.7. The molecule has 4 nitrogen and oxygen atoms in total. The van der Waals surface area contributed by atoms with E-state index in [0.717, 1.165) is 12.8 Å². The number of phenols is 1. The molecule has 0 aliphatic carbocycles. The molecule has 6 heteroatoms. The predicted octanol–water partition coefficient (Wildman–Crippen LogP) is 5.75. The summed E-state index contributed by atoms with van der Waals surface area (Å²) in [6.45, 7) is 5.63. The number of para-hydroxylation sites is 1. The van der Waals surface area contributed by atoms with Crippen LogP contribution in [0.25, 0.3) is 0 Å². The summed E-state index contributed by atoms with van der Waals surface area (Å²) in [5.74, 6) is 0.429. The van der Waals surface area contributed by atoms with Gasteiger partial charge in [-0.25, -0.2) is 0 Å². The Labute approximate surface area is 163 Å². The Morgan fingerprint density at radius 2 is 1.88 bits per heavy atom. The maximum Gasteiger partial charge on any atom is 0.257 e. The van der Waals surface area contributed by atoms with E-state index in [1.54, 1.807) is 29.2 Å². The van der Waals surface area contributed by atoms with Crippen LogP contribution < -0.4 is 4.74 Å². The Balaban J connectivity index is 1.87. The van der Waals surface area contributed by atoms with Crippen LogP contribution in [0.4, 0.5) is 0 Å². The smallest absolute Gasteiger partial charge is 0.257 e. The van der Waals surface area contributed by atoms with E-state index in [-0.39, 0.29) is 22.6 Å². The van der Waals surface area contributed by atoms with E-state index in [0.29, 0.717) is 34.6 Å². The van der Waals surface area contributed by atoms with Gasteiger partial charge in [-0.3, -0.25) is 4.79 Å². The summed E-state index contributed by atoms with van der Waals surface area (Å²) in [6, 6.07) is 9.62. The Morgan fingerprint density at radius 3 is 2.54 bits per heavy atom. The third-order valence-corrected chi connectivity index (χ3v) is 5.12. The largest absolute Gasteiger partial charge is 0.507 e. The van der Waals surface area contributed by atoms with Gasteiger partial charge in [-0.15, -0.1) is 0 Å². The van der Waals surface area contributed by atoms with Crippen LogP contribution in [0.15, 0.2) is 36.4 Å². The molecule has 0 unspecified atom stereocenters. The third-order valence-electron chi connectivity index (χ3n) is 4.52. The molecular weight excluding hydrogens is 373 g/mol. The lowest BCUT2D eigenvalue weighted by atomic mass is 9.84. The molecular formula is C20H21Cl2NO3. The average Bonchev–Trinajstić information content (AvgIpc) is 2.58. The number of halogens is 2. The van der Waals surface area contributed by atoms with Crippen LogP contribution in [0.2, 0.25) is 10.0 Å². The molecule has 26 heavy (non-hydrogen) atoms. The Bertz CT molecular complexity index is 816. The van der Waals surface area contributed by atoms with Crippen LogP contribution in [-0.2, 0) is 0 Å². The molecule has 1 N–H and O–H groups in total. The lowest BCUT2D eigenvalue weighted by Crippen LogP contribution is -2.43. The topological polar surface area (TPSA) is 49.8 Å². The number of phenolic OH excluding ortho intramolecular Hbond substituents is 1. The zero-order chi connectivity index (χ0) is 18.9. The number of hydrogen-bond donors (Lipinski definition) is 1. The quantitative estimate of drug-likeness (QED) is 0.721. The number of carbonyl (C=O) groups is 1. The van der Waals surface area contributed by atoms with Crippen LogP contribution in [0.5, 0.6) is 17.2 Å². The highest BCUT2D eigenvalue weighted by Gasteiger charge is 2.30. The maximum absolute atomic E-state index is 12.9. The van der Waals surface area contributed by atoms with Gasteiger partial charge in [-0.05, 0) is 48.6 Å². The highest BCUT2D eigenvalue weighted by Crippen LogP contribution is 2.37. The highest BCUT2D eigenvalue weighted by atomic mass is 35.5. The first-order chi connectivity index (χ1) is 12.3. The third kappa shape index (κ3) is 4.08. The number of ether oxygens (including phenoxy) is 1. The normalized spacial score (nSPS) is 16.4. The highest BCUT2D eigenvalue weighted by molar-refractivity contribution is 6.37. The fourth-order valence-electron chi connectivity index (χ4n) is 3.21. The molecule has 1 amide bonds. The van der Waals surface area contributed by atoms with Gasteiger partial charge >= 0.3 is 0 Å². The number of amides is 1. The van der Waals surface area contributed by atoms with E-state index in [9.17, 15) is 9.90 Å². The van der Waals surface area contributed by atoms with Crippen molar-refractivity contribution in [2.45, 2.75) is 26.7 Å². The number of aromatic hydroxyl groups is 1. The first-order valence-electron chi connectivity index (χ1n) is 8.51.